The van der Waals surface area contributed by atoms with E-state index >= 15 is 0 Å². The van der Waals surface area contributed by atoms with Crippen LogP contribution in [0.4, 0.5) is 5.69 Å². The van der Waals surface area contributed by atoms with E-state index in [0.717, 1.165) is 0 Å². The van der Waals surface area contributed by atoms with Crippen molar-refractivity contribution >= 4 is 39.8 Å². The predicted octanol–water partition coefficient (Wildman–Crippen LogP) is 3.13. The van der Waals surface area contributed by atoms with Crippen LogP contribution in [0.3, 0.4) is 0 Å². The summed E-state index contributed by atoms with van der Waals surface area (Å²) in [5.74, 6) is 0.613. The maximum absolute atomic E-state index is 5.99. The average Bonchev–Trinajstić information content (AvgIpc) is 2.24. The number of nitrogens with two attached hydrogens (primary N) is 1. The fourth-order valence-electron chi connectivity index (χ4n) is 1.41. The number of nitrogen functional groups attached to an aromatic ring is 1. The first-order valence-corrected chi connectivity index (χ1v) is 4.97. The summed E-state index contributed by atoms with van der Waals surface area (Å²) in [6.07, 6.45) is 1.48. The van der Waals surface area contributed by atoms with Gasteiger partial charge in [0.2, 0.25) is 0 Å². The highest BCUT2D eigenvalue weighted by molar-refractivity contribution is 6.38. The Kier molecular flexibility index (Phi) is 2.59. The number of benzene rings is 1. The van der Waals surface area contributed by atoms with Gasteiger partial charge in [-0.05, 0) is 12.1 Å². The van der Waals surface area contributed by atoms with Crippen molar-refractivity contribution in [1.82, 2.24) is 4.98 Å². The van der Waals surface area contributed by atoms with Crippen LogP contribution in [0.5, 0.6) is 5.75 Å². The standard InChI is InChI=1S/C10H8Cl2N2O/c1-15-7-3-2-5(11)10-8(7)9(13)6(12)4-14-10/h2-4H,1H3,(H2,13,14). The van der Waals surface area contributed by atoms with Gasteiger partial charge in [-0.3, -0.25) is 4.98 Å². The second-order valence-electron chi connectivity index (χ2n) is 2.99. The Morgan fingerprint density at radius 1 is 1.27 bits per heavy atom. The van der Waals surface area contributed by atoms with E-state index in [2.05, 4.69) is 4.98 Å². The van der Waals surface area contributed by atoms with Gasteiger partial charge in [0.05, 0.1) is 33.7 Å². The molecule has 0 atom stereocenters. The number of rotatable bonds is 1. The smallest absolute Gasteiger partial charge is 0.130 e. The number of anilines is 1. The molecule has 0 aliphatic rings. The Hall–Kier alpha value is -1.19. The first-order valence-electron chi connectivity index (χ1n) is 4.21. The Morgan fingerprint density at radius 3 is 2.67 bits per heavy atom. The second-order valence-corrected chi connectivity index (χ2v) is 3.81. The van der Waals surface area contributed by atoms with Crippen molar-refractivity contribution in [3.63, 3.8) is 0 Å². The third kappa shape index (κ3) is 1.58. The van der Waals surface area contributed by atoms with Gasteiger partial charge in [0, 0.05) is 6.20 Å². The normalized spacial score (nSPS) is 10.6. The average molecular weight is 243 g/mol. The summed E-state index contributed by atoms with van der Waals surface area (Å²) < 4.78 is 5.18. The van der Waals surface area contributed by atoms with E-state index in [9.17, 15) is 0 Å². The zero-order chi connectivity index (χ0) is 11.0. The fraction of sp³-hybridized carbons (Fsp3) is 0.100. The summed E-state index contributed by atoms with van der Waals surface area (Å²) in [6.45, 7) is 0. The lowest BCUT2D eigenvalue weighted by Gasteiger charge is -2.09. The quantitative estimate of drug-likeness (QED) is 0.836. The Balaban J connectivity index is 2.95. The van der Waals surface area contributed by atoms with E-state index in [-0.39, 0.29) is 0 Å². The molecule has 2 N–H and O–H groups in total. The third-order valence-corrected chi connectivity index (χ3v) is 2.75. The van der Waals surface area contributed by atoms with Crippen molar-refractivity contribution in [3.8, 4) is 5.75 Å². The molecule has 0 bridgehead atoms. The van der Waals surface area contributed by atoms with Gasteiger partial charge in [-0.15, -0.1) is 0 Å². The van der Waals surface area contributed by atoms with Gasteiger partial charge in [-0.2, -0.15) is 0 Å². The Labute approximate surface area is 96.8 Å². The van der Waals surface area contributed by atoms with Gasteiger partial charge in [0.1, 0.15) is 5.75 Å². The molecular weight excluding hydrogens is 235 g/mol. The van der Waals surface area contributed by atoms with Crippen molar-refractivity contribution in [2.45, 2.75) is 0 Å². The summed E-state index contributed by atoms with van der Waals surface area (Å²) in [5.41, 5.74) is 6.88. The highest BCUT2D eigenvalue weighted by atomic mass is 35.5. The minimum Gasteiger partial charge on any atom is -0.496 e. The predicted molar refractivity (Wildman–Crippen MR) is 62.7 cm³/mol. The van der Waals surface area contributed by atoms with E-state index in [1.54, 1.807) is 19.2 Å². The zero-order valence-electron chi connectivity index (χ0n) is 7.92. The second kappa shape index (κ2) is 3.76. The van der Waals surface area contributed by atoms with Crippen molar-refractivity contribution in [1.29, 1.82) is 0 Å². The van der Waals surface area contributed by atoms with E-state index in [0.29, 0.717) is 32.4 Å². The van der Waals surface area contributed by atoms with Crippen LogP contribution in [0.15, 0.2) is 18.3 Å². The van der Waals surface area contributed by atoms with E-state index < -0.39 is 0 Å². The molecule has 78 valence electrons. The maximum atomic E-state index is 5.99. The molecule has 0 spiro atoms. The van der Waals surface area contributed by atoms with Crippen LogP contribution in [-0.2, 0) is 0 Å². The monoisotopic (exact) mass is 242 g/mol. The van der Waals surface area contributed by atoms with Crippen molar-refractivity contribution in [2.24, 2.45) is 0 Å². The van der Waals surface area contributed by atoms with Crippen LogP contribution in [0, 0.1) is 0 Å². The van der Waals surface area contributed by atoms with Crippen LogP contribution in [0.2, 0.25) is 10.0 Å². The number of fused-ring (bicyclic) bond motifs is 1. The van der Waals surface area contributed by atoms with E-state index in [4.69, 9.17) is 33.7 Å². The Bertz CT molecular complexity index is 528. The number of nitrogens with zero attached hydrogens (tertiary/aromatic N) is 1. The minimum absolute atomic E-state index is 0.392. The molecule has 1 heterocycles. The zero-order valence-corrected chi connectivity index (χ0v) is 9.43. The molecule has 0 aliphatic heterocycles. The summed E-state index contributed by atoms with van der Waals surface area (Å²) in [4.78, 5) is 4.13. The van der Waals surface area contributed by atoms with Crippen LogP contribution >= 0.6 is 23.2 Å². The SMILES string of the molecule is COc1ccc(Cl)c2ncc(Cl)c(N)c12. The summed E-state index contributed by atoms with van der Waals surface area (Å²) in [6, 6.07) is 3.45. The van der Waals surface area contributed by atoms with Gasteiger partial charge in [-0.25, -0.2) is 0 Å². The van der Waals surface area contributed by atoms with Crippen LogP contribution in [-0.4, -0.2) is 12.1 Å². The number of methoxy groups -OCH3 is 1. The molecule has 0 radical (unpaired) electrons. The van der Waals surface area contributed by atoms with Gasteiger partial charge in [0.15, 0.2) is 0 Å². The molecule has 0 saturated carbocycles. The number of aromatic nitrogens is 1. The number of halogens is 2. The van der Waals surface area contributed by atoms with Crippen LogP contribution in [0.1, 0.15) is 0 Å². The lowest BCUT2D eigenvalue weighted by Crippen LogP contribution is -1.94. The van der Waals surface area contributed by atoms with E-state index in [1.807, 2.05) is 0 Å². The first kappa shape index (κ1) is 10.3. The van der Waals surface area contributed by atoms with Gasteiger partial charge >= 0.3 is 0 Å². The molecule has 3 nitrogen and oxygen atoms in total. The van der Waals surface area contributed by atoms with Crippen molar-refractivity contribution < 1.29 is 4.74 Å². The van der Waals surface area contributed by atoms with Gasteiger partial charge in [-0.1, -0.05) is 23.2 Å². The molecule has 0 saturated heterocycles. The molecule has 2 aromatic rings. The van der Waals surface area contributed by atoms with Crippen LogP contribution in [0.25, 0.3) is 10.9 Å². The van der Waals surface area contributed by atoms with Gasteiger partial charge in [0.25, 0.3) is 0 Å². The fourth-order valence-corrected chi connectivity index (χ4v) is 1.76. The molecule has 1 aromatic carbocycles. The highest BCUT2D eigenvalue weighted by Gasteiger charge is 2.11. The largest absolute Gasteiger partial charge is 0.496 e. The number of pyridine rings is 1. The van der Waals surface area contributed by atoms with E-state index in [1.165, 1.54) is 6.20 Å². The number of hydrogen-bond acceptors (Lipinski definition) is 3. The Morgan fingerprint density at radius 2 is 2.00 bits per heavy atom. The van der Waals surface area contributed by atoms with Gasteiger partial charge < -0.3 is 10.5 Å². The van der Waals surface area contributed by atoms with Crippen molar-refractivity contribution in [3.05, 3.63) is 28.4 Å². The topological polar surface area (TPSA) is 48.1 Å². The molecule has 1 aromatic heterocycles. The maximum Gasteiger partial charge on any atom is 0.130 e. The number of hydrogen-bond donors (Lipinski definition) is 1. The molecule has 0 fully saturated rings. The minimum atomic E-state index is 0.392. The molecular formula is C10H8Cl2N2O. The van der Waals surface area contributed by atoms with Crippen molar-refractivity contribution in [2.75, 3.05) is 12.8 Å². The lowest BCUT2D eigenvalue weighted by atomic mass is 10.1. The highest BCUT2D eigenvalue weighted by Crippen LogP contribution is 2.36. The molecule has 2 rings (SSSR count). The molecule has 5 heteroatoms. The third-order valence-electron chi connectivity index (χ3n) is 2.14. The molecule has 15 heavy (non-hydrogen) atoms. The number of ether oxygens (including phenoxy) is 1. The first-order chi connectivity index (χ1) is 7.15. The summed E-state index contributed by atoms with van der Waals surface area (Å²) in [5, 5.41) is 1.56. The molecule has 0 unspecified atom stereocenters. The molecule has 0 amide bonds. The summed E-state index contributed by atoms with van der Waals surface area (Å²) in [7, 11) is 1.56. The summed E-state index contributed by atoms with van der Waals surface area (Å²) >= 11 is 11.9. The molecule has 0 aliphatic carbocycles. The lowest BCUT2D eigenvalue weighted by molar-refractivity contribution is 0.420. The van der Waals surface area contributed by atoms with Crippen LogP contribution < -0.4 is 10.5 Å².